The summed E-state index contributed by atoms with van der Waals surface area (Å²) in [5, 5.41) is 0. The quantitative estimate of drug-likeness (QED) is 0.660. The zero-order valence-corrected chi connectivity index (χ0v) is 14.2. The standard InChI is InChI=1S/C17H13BrO3S/c1-22(19,20)14-9-7-12(8-10-14)15-11-21-17(18)16(15)13-5-3-2-4-6-13/h2-11H,1H3. The van der Waals surface area contributed by atoms with E-state index in [0.717, 1.165) is 22.3 Å². The first-order valence-electron chi connectivity index (χ1n) is 6.60. The van der Waals surface area contributed by atoms with Gasteiger partial charge in [0.1, 0.15) is 6.26 Å². The van der Waals surface area contributed by atoms with Crippen LogP contribution in [0.5, 0.6) is 0 Å². The molecule has 3 aromatic rings. The van der Waals surface area contributed by atoms with Gasteiger partial charge in [-0.25, -0.2) is 8.42 Å². The minimum atomic E-state index is -3.19. The highest BCUT2D eigenvalue weighted by Gasteiger charge is 2.16. The van der Waals surface area contributed by atoms with E-state index in [9.17, 15) is 8.42 Å². The molecule has 112 valence electrons. The molecule has 1 aromatic heterocycles. The Morgan fingerprint density at radius 1 is 0.909 bits per heavy atom. The molecule has 0 bridgehead atoms. The summed E-state index contributed by atoms with van der Waals surface area (Å²) < 4.78 is 29.2. The van der Waals surface area contributed by atoms with Gasteiger partial charge in [-0.2, -0.15) is 0 Å². The summed E-state index contributed by atoms with van der Waals surface area (Å²) >= 11 is 3.43. The van der Waals surface area contributed by atoms with Gasteiger partial charge in [0.25, 0.3) is 0 Å². The molecular weight excluding hydrogens is 364 g/mol. The number of halogens is 1. The molecule has 0 spiro atoms. The summed E-state index contributed by atoms with van der Waals surface area (Å²) in [5.41, 5.74) is 3.80. The predicted octanol–water partition coefficient (Wildman–Crippen LogP) is 4.78. The van der Waals surface area contributed by atoms with Crippen LogP contribution in [0.4, 0.5) is 0 Å². The van der Waals surface area contributed by atoms with Crippen LogP contribution in [0.15, 0.2) is 74.8 Å². The lowest BCUT2D eigenvalue weighted by atomic mass is 9.99. The lowest BCUT2D eigenvalue weighted by Crippen LogP contribution is -1.96. The third kappa shape index (κ3) is 2.87. The Kier molecular flexibility index (Phi) is 3.93. The largest absolute Gasteiger partial charge is 0.456 e. The summed E-state index contributed by atoms with van der Waals surface area (Å²) in [6.07, 6.45) is 2.87. The molecule has 0 saturated heterocycles. The molecule has 0 atom stereocenters. The smallest absolute Gasteiger partial charge is 0.177 e. The maximum atomic E-state index is 11.5. The van der Waals surface area contributed by atoms with E-state index in [0.29, 0.717) is 9.56 Å². The summed E-state index contributed by atoms with van der Waals surface area (Å²) in [7, 11) is -3.19. The van der Waals surface area contributed by atoms with Crippen LogP contribution in [0.3, 0.4) is 0 Å². The molecule has 0 aliphatic rings. The fourth-order valence-corrected chi connectivity index (χ4v) is 3.47. The fraction of sp³-hybridized carbons (Fsp3) is 0.0588. The average molecular weight is 377 g/mol. The highest BCUT2D eigenvalue weighted by Crippen LogP contribution is 2.39. The number of hydrogen-bond acceptors (Lipinski definition) is 3. The van der Waals surface area contributed by atoms with E-state index in [1.165, 1.54) is 6.26 Å². The highest BCUT2D eigenvalue weighted by atomic mass is 79.9. The van der Waals surface area contributed by atoms with Crippen LogP contribution in [0.25, 0.3) is 22.3 Å². The molecular formula is C17H13BrO3S. The van der Waals surface area contributed by atoms with Crippen molar-refractivity contribution in [3.05, 3.63) is 65.5 Å². The second-order valence-electron chi connectivity index (χ2n) is 4.96. The van der Waals surface area contributed by atoms with E-state index in [1.54, 1.807) is 30.5 Å². The Morgan fingerprint density at radius 2 is 1.55 bits per heavy atom. The molecule has 22 heavy (non-hydrogen) atoms. The zero-order valence-electron chi connectivity index (χ0n) is 11.8. The maximum Gasteiger partial charge on any atom is 0.177 e. The van der Waals surface area contributed by atoms with E-state index < -0.39 is 9.84 Å². The van der Waals surface area contributed by atoms with Crippen molar-refractivity contribution < 1.29 is 12.8 Å². The second-order valence-corrected chi connectivity index (χ2v) is 7.70. The molecule has 3 nitrogen and oxygen atoms in total. The van der Waals surface area contributed by atoms with Crippen LogP contribution in [-0.4, -0.2) is 14.7 Å². The van der Waals surface area contributed by atoms with Crippen molar-refractivity contribution in [2.24, 2.45) is 0 Å². The van der Waals surface area contributed by atoms with Crippen LogP contribution in [0, 0.1) is 0 Å². The number of benzene rings is 2. The highest BCUT2D eigenvalue weighted by molar-refractivity contribution is 9.10. The molecule has 0 amide bonds. The molecule has 0 aliphatic heterocycles. The van der Waals surface area contributed by atoms with Gasteiger partial charge in [0, 0.05) is 17.4 Å². The predicted molar refractivity (Wildman–Crippen MR) is 90.4 cm³/mol. The van der Waals surface area contributed by atoms with Gasteiger partial charge < -0.3 is 4.42 Å². The van der Waals surface area contributed by atoms with E-state index in [4.69, 9.17) is 4.42 Å². The molecule has 0 fully saturated rings. The molecule has 0 radical (unpaired) electrons. The number of furan rings is 1. The third-order valence-electron chi connectivity index (χ3n) is 3.40. The maximum absolute atomic E-state index is 11.5. The molecule has 0 aliphatic carbocycles. The van der Waals surface area contributed by atoms with Crippen LogP contribution in [0.1, 0.15) is 0 Å². The monoisotopic (exact) mass is 376 g/mol. The summed E-state index contributed by atoms with van der Waals surface area (Å²) in [4.78, 5) is 0.306. The lowest BCUT2D eigenvalue weighted by Gasteiger charge is -2.05. The Bertz CT molecular complexity index is 895. The van der Waals surface area contributed by atoms with Gasteiger partial charge in [-0.15, -0.1) is 0 Å². The topological polar surface area (TPSA) is 47.3 Å². The Labute approximate surface area is 137 Å². The van der Waals surface area contributed by atoms with Gasteiger partial charge >= 0.3 is 0 Å². The first kappa shape index (κ1) is 15.1. The van der Waals surface area contributed by atoms with Crippen LogP contribution in [0.2, 0.25) is 0 Å². The normalized spacial score (nSPS) is 11.5. The van der Waals surface area contributed by atoms with Crippen molar-refractivity contribution in [1.29, 1.82) is 0 Å². The van der Waals surface area contributed by atoms with Crippen LogP contribution < -0.4 is 0 Å². The van der Waals surface area contributed by atoms with Crippen LogP contribution >= 0.6 is 15.9 Å². The molecule has 1 heterocycles. The molecule has 2 aromatic carbocycles. The Morgan fingerprint density at radius 3 is 2.14 bits per heavy atom. The second kappa shape index (κ2) is 5.74. The van der Waals surface area contributed by atoms with Crippen molar-refractivity contribution in [1.82, 2.24) is 0 Å². The molecule has 0 N–H and O–H groups in total. The van der Waals surface area contributed by atoms with Gasteiger partial charge in [0.05, 0.1) is 4.90 Å². The van der Waals surface area contributed by atoms with E-state index in [2.05, 4.69) is 15.9 Å². The minimum Gasteiger partial charge on any atom is -0.456 e. The summed E-state index contributed by atoms with van der Waals surface area (Å²) in [5.74, 6) is 0. The summed E-state index contributed by atoms with van der Waals surface area (Å²) in [6, 6.07) is 16.7. The number of rotatable bonds is 3. The van der Waals surface area contributed by atoms with Crippen molar-refractivity contribution in [3.63, 3.8) is 0 Å². The van der Waals surface area contributed by atoms with Crippen molar-refractivity contribution in [2.75, 3.05) is 6.26 Å². The van der Waals surface area contributed by atoms with Crippen LogP contribution in [-0.2, 0) is 9.84 Å². The van der Waals surface area contributed by atoms with Gasteiger partial charge in [-0.3, -0.25) is 0 Å². The SMILES string of the molecule is CS(=O)(=O)c1ccc(-c2coc(Br)c2-c2ccccc2)cc1. The first-order chi connectivity index (χ1) is 10.5. The van der Waals surface area contributed by atoms with Gasteiger partial charge in [-0.1, -0.05) is 42.5 Å². The first-order valence-corrected chi connectivity index (χ1v) is 9.28. The zero-order chi connectivity index (χ0) is 15.7. The van der Waals surface area contributed by atoms with Gasteiger partial charge in [-0.05, 0) is 39.2 Å². The van der Waals surface area contributed by atoms with Crippen molar-refractivity contribution in [3.8, 4) is 22.3 Å². The summed E-state index contributed by atoms with van der Waals surface area (Å²) in [6.45, 7) is 0. The lowest BCUT2D eigenvalue weighted by molar-refractivity contribution is 0.543. The number of sulfone groups is 1. The Hall–Kier alpha value is -1.85. The average Bonchev–Trinajstić information content (AvgIpc) is 2.89. The van der Waals surface area contributed by atoms with Crippen molar-refractivity contribution in [2.45, 2.75) is 4.90 Å². The molecule has 5 heteroatoms. The molecule has 3 rings (SSSR count). The molecule has 0 saturated carbocycles. The minimum absolute atomic E-state index is 0.306. The molecule has 0 unspecified atom stereocenters. The Balaban J connectivity index is 2.11. The van der Waals surface area contributed by atoms with Gasteiger partial charge in [0.15, 0.2) is 14.5 Å². The van der Waals surface area contributed by atoms with Crippen molar-refractivity contribution >= 4 is 25.8 Å². The van der Waals surface area contributed by atoms with Gasteiger partial charge in [0.2, 0.25) is 0 Å². The fourth-order valence-electron chi connectivity index (χ4n) is 2.30. The van der Waals surface area contributed by atoms with E-state index in [1.807, 2.05) is 30.3 Å². The number of hydrogen-bond donors (Lipinski definition) is 0. The van der Waals surface area contributed by atoms with E-state index in [-0.39, 0.29) is 0 Å². The van der Waals surface area contributed by atoms with E-state index >= 15 is 0 Å². The third-order valence-corrected chi connectivity index (χ3v) is 5.11.